The van der Waals surface area contributed by atoms with Crippen LogP contribution in [0.3, 0.4) is 0 Å². The predicted molar refractivity (Wildman–Crippen MR) is 90.4 cm³/mol. The SMILES string of the molecule is CC(C)N1CCC[C@@H](CNC(=O)N[C@H]2CCCc3occc32)C1. The fourth-order valence-electron chi connectivity index (χ4n) is 3.82. The van der Waals surface area contributed by atoms with Crippen LogP contribution in [0, 0.1) is 5.92 Å². The van der Waals surface area contributed by atoms with Gasteiger partial charge in [-0.25, -0.2) is 4.79 Å². The van der Waals surface area contributed by atoms with Crippen molar-refractivity contribution < 1.29 is 9.21 Å². The molecule has 2 N–H and O–H groups in total. The van der Waals surface area contributed by atoms with Crippen molar-refractivity contribution in [3.05, 3.63) is 23.7 Å². The Bertz CT molecular complexity index is 526. The van der Waals surface area contributed by atoms with Crippen molar-refractivity contribution in [1.82, 2.24) is 15.5 Å². The van der Waals surface area contributed by atoms with Gasteiger partial charge in [-0.2, -0.15) is 0 Å². The van der Waals surface area contributed by atoms with Crippen LogP contribution in [0.15, 0.2) is 16.7 Å². The van der Waals surface area contributed by atoms with Gasteiger partial charge >= 0.3 is 6.03 Å². The van der Waals surface area contributed by atoms with Crippen molar-refractivity contribution in [1.29, 1.82) is 0 Å². The van der Waals surface area contributed by atoms with Crippen LogP contribution in [0.5, 0.6) is 0 Å². The van der Waals surface area contributed by atoms with Crippen molar-refractivity contribution in [3.8, 4) is 0 Å². The van der Waals surface area contributed by atoms with Gasteiger partial charge in [-0.1, -0.05) is 0 Å². The molecule has 2 amide bonds. The van der Waals surface area contributed by atoms with Crippen LogP contribution in [0.25, 0.3) is 0 Å². The van der Waals surface area contributed by atoms with E-state index in [9.17, 15) is 4.79 Å². The van der Waals surface area contributed by atoms with E-state index in [2.05, 4.69) is 29.4 Å². The zero-order valence-electron chi connectivity index (χ0n) is 14.3. The van der Waals surface area contributed by atoms with Crippen molar-refractivity contribution in [2.75, 3.05) is 19.6 Å². The summed E-state index contributed by atoms with van der Waals surface area (Å²) in [5, 5.41) is 6.19. The van der Waals surface area contributed by atoms with Crippen LogP contribution in [0.2, 0.25) is 0 Å². The molecule has 0 saturated carbocycles. The molecule has 0 bridgehead atoms. The first-order valence-electron chi connectivity index (χ1n) is 8.98. The zero-order chi connectivity index (χ0) is 16.2. The monoisotopic (exact) mass is 319 g/mol. The van der Waals surface area contributed by atoms with Gasteiger partial charge in [0.05, 0.1) is 12.3 Å². The number of aryl methyl sites for hydroxylation is 1. The molecule has 2 atom stereocenters. The molecule has 1 aliphatic heterocycles. The van der Waals surface area contributed by atoms with Crippen LogP contribution in [-0.4, -0.2) is 36.6 Å². The Kier molecular flexibility index (Phi) is 5.26. The van der Waals surface area contributed by atoms with Gasteiger partial charge in [-0.05, 0) is 58.1 Å². The van der Waals surface area contributed by atoms with Crippen molar-refractivity contribution in [2.45, 2.75) is 58.0 Å². The number of nitrogens with zero attached hydrogens (tertiary/aromatic N) is 1. The molecule has 0 aromatic carbocycles. The van der Waals surface area contributed by atoms with Crippen LogP contribution >= 0.6 is 0 Å². The number of carbonyl (C=O) groups is 1. The largest absolute Gasteiger partial charge is 0.469 e. The lowest BCUT2D eigenvalue weighted by molar-refractivity contribution is 0.139. The lowest BCUT2D eigenvalue weighted by Crippen LogP contribution is -2.46. The highest BCUT2D eigenvalue weighted by Gasteiger charge is 2.25. The lowest BCUT2D eigenvalue weighted by Gasteiger charge is -2.35. The highest BCUT2D eigenvalue weighted by Crippen LogP contribution is 2.30. The molecule has 1 aliphatic carbocycles. The van der Waals surface area contributed by atoms with Crippen molar-refractivity contribution in [3.63, 3.8) is 0 Å². The third-order valence-electron chi connectivity index (χ3n) is 5.19. The number of nitrogens with one attached hydrogen (secondary N) is 2. The number of urea groups is 1. The highest BCUT2D eigenvalue weighted by atomic mass is 16.3. The van der Waals surface area contributed by atoms with E-state index in [-0.39, 0.29) is 12.1 Å². The fraction of sp³-hybridized carbons (Fsp3) is 0.722. The third-order valence-corrected chi connectivity index (χ3v) is 5.19. The lowest BCUT2D eigenvalue weighted by atomic mass is 9.93. The molecule has 1 aromatic rings. The van der Waals surface area contributed by atoms with Crippen LogP contribution in [0.1, 0.15) is 56.9 Å². The summed E-state index contributed by atoms with van der Waals surface area (Å²) in [4.78, 5) is 14.7. The smallest absolute Gasteiger partial charge is 0.315 e. The van der Waals surface area contributed by atoms with Gasteiger partial charge in [-0.15, -0.1) is 0 Å². The molecular formula is C18H29N3O2. The normalized spacial score (nSPS) is 25.2. The summed E-state index contributed by atoms with van der Waals surface area (Å²) in [5.41, 5.74) is 1.15. The molecule has 3 rings (SSSR count). The Balaban J connectivity index is 1.45. The van der Waals surface area contributed by atoms with Crippen molar-refractivity contribution in [2.24, 2.45) is 5.92 Å². The van der Waals surface area contributed by atoms with E-state index < -0.39 is 0 Å². The molecule has 5 heteroatoms. The average molecular weight is 319 g/mol. The third kappa shape index (κ3) is 4.08. The van der Waals surface area contributed by atoms with E-state index in [1.807, 2.05) is 6.07 Å². The Morgan fingerprint density at radius 1 is 1.39 bits per heavy atom. The fourth-order valence-corrected chi connectivity index (χ4v) is 3.82. The summed E-state index contributed by atoms with van der Waals surface area (Å²) in [5.74, 6) is 1.59. The molecule has 0 spiro atoms. The Hall–Kier alpha value is -1.49. The van der Waals surface area contributed by atoms with Gasteiger partial charge in [0.2, 0.25) is 0 Å². The van der Waals surface area contributed by atoms with Gasteiger partial charge in [-0.3, -0.25) is 0 Å². The summed E-state index contributed by atoms with van der Waals surface area (Å²) in [6.45, 7) is 7.53. The first-order chi connectivity index (χ1) is 11.1. The van der Waals surface area contributed by atoms with Crippen LogP contribution in [0.4, 0.5) is 4.79 Å². The molecule has 0 radical (unpaired) electrons. The van der Waals surface area contributed by atoms with Crippen LogP contribution < -0.4 is 10.6 Å². The number of furan rings is 1. The molecular weight excluding hydrogens is 290 g/mol. The predicted octanol–water partition coefficient (Wildman–Crippen LogP) is 3.08. The number of piperidine rings is 1. The molecule has 0 unspecified atom stereocenters. The van der Waals surface area contributed by atoms with E-state index in [1.165, 1.54) is 19.4 Å². The van der Waals surface area contributed by atoms with E-state index >= 15 is 0 Å². The Morgan fingerprint density at radius 3 is 3.09 bits per heavy atom. The van der Waals surface area contributed by atoms with Gasteiger partial charge in [0.1, 0.15) is 5.76 Å². The van der Waals surface area contributed by atoms with Crippen LogP contribution in [-0.2, 0) is 6.42 Å². The summed E-state index contributed by atoms with van der Waals surface area (Å²) >= 11 is 0. The maximum absolute atomic E-state index is 12.2. The van der Waals surface area contributed by atoms with E-state index in [4.69, 9.17) is 4.42 Å². The van der Waals surface area contributed by atoms with Gasteiger partial charge in [0.15, 0.2) is 0 Å². The van der Waals surface area contributed by atoms with E-state index in [0.717, 1.165) is 43.7 Å². The first kappa shape index (κ1) is 16.4. The first-order valence-corrected chi connectivity index (χ1v) is 8.98. The zero-order valence-corrected chi connectivity index (χ0v) is 14.3. The average Bonchev–Trinajstić information content (AvgIpc) is 3.03. The van der Waals surface area contributed by atoms with Gasteiger partial charge in [0, 0.05) is 31.1 Å². The molecule has 2 heterocycles. The number of carbonyl (C=O) groups excluding carboxylic acids is 1. The Labute approximate surface area is 138 Å². The molecule has 2 aliphatic rings. The molecule has 128 valence electrons. The Morgan fingerprint density at radius 2 is 2.26 bits per heavy atom. The van der Waals surface area contributed by atoms with E-state index in [1.54, 1.807) is 6.26 Å². The maximum Gasteiger partial charge on any atom is 0.315 e. The number of rotatable bonds is 4. The minimum atomic E-state index is -0.0503. The second-order valence-corrected chi connectivity index (χ2v) is 7.20. The number of hydrogen-bond acceptors (Lipinski definition) is 3. The molecule has 1 fully saturated rings. The summed E-state index contributed by atoms with van der Waals surface area (Å²) in [7, 11) is 0. The second-order valence-electron chi connectivity index (χ2n) is 7.20. The van der Waals surface area contributed by atoms with Gasteiger partial charge < -0.3 is 20.0 Å². The van der Waals surface area contributed by atoms with Gasteiger partial charge in [0.25, 0.3) is 0 Å². The number of amides is 2. The molecule has 5 nitrogen and oxygen atoms in total. The summed E-state index contributed by atoms with van der Waals surface area (Å²) in [6, 6.07) is 2.62. The number of hydrogen-bond donors (Lipinski definition) is 2. The second kappa shape index (κ2) is 7.39. The standard InChI is InChI=1S/C18H29N3O2/c1-13(2)21-9-4-5-14(12-21)11-19-18(22)20-16-6-3-7-17-15(16)8-10-23-17/h8,10,13-14,16H,3-7,9,11-12H2,1-2H3,(H2,19,20,22)/t14-,16-/m0/s1. The summed E-state index contributed by atoms with van der Waals surface area (Å²) < 4.78 is 5.48. The minimum Gasteiger partial charge on any atom is -0.469 e. The molecule has 1 saturated heterocycles. The summed E-state index contributed by atoms with van der Waals surface area (Å²) in [6.07, 6.45) is 7.20. The number of likely N-dealkylation sites (tertiary alicyclic amines) is 1. The van der Waals surface area contributed by atoms with Crippen molar-refractivity contribution >= 4 is 6.03 Å². The maximum atomic E-state index is 12.2. The minimum absolute atomic E-state index is 0.0503. The quantitative estimate of drug-likeness (QED) is 0.896. The molecule has 23 heavy (non-hydrogen) atoms. The topological polar surface area (TPSA) is 57.5 Å². The molecule has 1 aromatic heterocycles. The van der Waals surface area contributed by atoms with E-state index in [0.29, 0.717) is 12.0 Å². The highest BCUT2D eigenvalue weighted by molar-refractivity contribution is 5.74. The number of fused-ring (bicyclic) bond motifs is 1.